The molecule has 1 atom stereocenters. The van der Waals surface area contributed by atoms with Crippen LogP contribution in [0.5, 0.6) is 0 Å². The Morgan fingerprint density at radius 1 is 1.38 bits per heavy atom. The predicted octanol–water partition coefficient (Wildman–Crippen LogP) is 2.98. The van der Waals surface area contributed by atoms with Gasteiger partial charge in [-0.25, -0.2) is 4.39 Å². The van der Waals surface area contributed by atoms with Gasteiger partial charge in [-0.3, -0.25) is 14.5 Å². The summed E-state index contributed by atoms with van der Waals surface area (Å²) in [4.78, 5) is 24.8. The highest BCUT2D eigenvalue weighted by atomic mass is 32.1. The fourth-order valence-electron chi connectivity index (χ4n) is 3.04. The van der Waals surface area contributed by atoms with Crippen molar-refractivity contribution in [2.75, 3.05) is 13.1 Å². The Balaban J connectivity index is 1.78. The molecule has 0 amide bonds. The van der Waals surface area contributed by atoms with Crippen LogP contribution in [-0.4, -0.2) is 35.5 Å². The zero-order chi connectivity index (χ0) is 17.1. The zero-order valence-corrected chi connectivity index (χ0v) is 14.2. The molecule has 6 heteroatoms. The van der Waals surface area contributed by atoms with Crippen molar-refractivity contribution in [3.63, 3.8) is 0 Å². The number of carbonyl (C=O) groups is 2. The molecule has 2 fully saturated rings. The zero-order valence-electron chi connectivity index (χ0n) is 13.3. The Morgan fingerprint density at radius 2 is 2.17 bits per heavy atom. The van der Waals surface area contributed by atoms with Crippen LogP contribution in [0, 0.1) is 11.7 Å². The topological polar surface area (TPSA) is 46.6 Å². The fraction of sp³-hybridized carbons (Fsp3) is 0.444. The van der Waals surface area contributed by atoms with Crippen molar-refractivity contribution < 1.29 is 18.7 Å². The second-order valence-corrected chi connectivity index (χ2v) is 6.97. The van der Waals surface area contributed by atoms with Crippen molar-refractivity contribution in [2.45, 2.75) is 31.1 Å². The van der Waals surface area contributed by atoms with Gasteiger partial charge in [-0.2, -0.15) is 12.6 Å². The molecule has 1 aromatic carbocycles. The Morgan fingerprint density at radius 3 is 2.88 bits per heavy atom. The van der Waals surface area contributed by atoms with Crippen LogP contribution >= 0.6 is 12.6 Å². The van der Waals surface area contributed by atoms with Gasteiger partial charge in [-0.1, -0.05) is 12.1 Å². The second kappa shape index (κ2) is 7.49. The lowest BCUT2D eigenvalue weighted by molar-refractivity contribution is -0.123. The lowest BCUT2D eigenvalue weighted by Gasteiger charge is -2.32. The van der Waals surface area contributed by atoms with E-state index in [2.05, 4.69) is 17.5 Å². The number of benzene rings is 1. The predicted molar refractivity (Wildman–Crippen MR) is 91.4 cm³/mol. The summed E-state index contributed by atoms with van der Waals surface area (Å²) in [5.74, 6) is -0.233. The van der Waals surface area contributed by atoms with E-state index in [0.29, 0.717) is 30.7 Å². The minimum atomic E-state index is -0.343. The number of likely N-dealkylation sites (tertiary alicyclic amines) is 1. The van der Waals surface area contributed by atoms with Gasteiger partial charge >= 0.3 is 0 Å². The van der Waals surface area contributed by atoms with E-state index >= 15 is 0 Å². The number of piperidine rings is 1. The highest BCUT2D eigenvalue weighted by Gasteiger charge is 2.33. The van der Waals surface area contributed by atoms with Gasteiger partial charge in [-0.05, 0) is 30.9 Å². The molecule has 0 bridgehead atoms. The maximum Gasteiger partial charge on any atom is 0.297 e. The Kier molecular flexibility index (Phi) is 5.36. The van der Waals surface area contributed by atoms with Crippen LogP contribution in [0.25, 0.3) is 0 Å². The van der Waals surface area contributed by atoms with E-state index in [-0.39, 0.29) is 22.8 Å². The first kappa shape index (κ1) is 17.2. The van der Waals surface area contributed by atoms with Gasteiger partial charge in [0.25, 0.3) is 6.47 Å². The van der Waals surface area contributed by atoms with Gasteiger partial charge in [0.2, 0.25) is 0 Å². The first-order valence-electron chi connectivity index (χ1n) is 8.10. The van der Waals surface area contributed by atoms with Gasteiger partial charge in [-0.15, -0.1) is 0 Å². The molecule has 0 aromatic heterocycles. The number of hydrogen-bond donors (Lipinski definition) is 1. The number of ether oxygens (including phenoxy) is 1. The van der Waals surface area contributed by atoms with Crippen molar-refractivity contribution >= 4 is 24.9 Å². The second-order valence-electron chi connectivity index (χ2n) is 6.34. The molecular formula is C18H20FNO3S. The minimum absolute atomic E-state index is 0.0226. The Labute approximate surface area is 146 Å². The van der Waals surface area contributed by atoms with Crippen molar-refractivity contribution in [1.82, 2.24) is 4.90 Å². The van der Waals surface area contributed by atoms with E-state index in [0.717, 1.165) is 31.4 Å². The van der Waals surface area contributed by atoms with Gasteiger partial charge in [0.15, 0.2) is 5.78 Å². The molecule has 4 nitrogen and oxygen atoms in total. The average Bonchev–Trinajstić information content (AvgIpc) is 3.41. The van der Waals surface area contributed by atoms with E-state index in [1.807, 2.05) is 0 Å². The summed E-state index contributed by atoms with van der Waals surface area (Å²) in [7, 11) is 0. The molecule has 0 spiro atoms. The molecule has 0 N–H and O–H groups in total. The molecular weight excluding hydrogens is 329 g/mol. The molecule has 0 radical (unpaired) electrons. The number of ketones is 1. The normalized spacial score (nSPS) is 23.2. The lowest BCUT2D eigenvalue weighted by atomic mass is 9.98. The fourth-order valence-corrected chi connectivity index (χ4v) is 3.30. The smallest absolute Gasteiger partial charge is 0.297 e. The van der Waals surface area contributed by atoms with Crippen molar-refractivity contribution in [3.05, 3.63) is 47.0 Å². The Bertz CT molecular complexity index is 672. The average molecular weight is 349 g/mol. The number of rotatable bonds is 6. The molecule has 1 aliphatic carbocycles. The molecule has 3 rings (SSSR count). The maximum absolute atomic E-state index is 14.3. The molecule has 1 aromatic rings. The summed E-state index contributed by atoms with van der Waals surface area (Å²) < 4.78 is 19.1. The van der Waals surface area contributed by atoms with Gasteiger partial charge in [0.05, 0.1) is 6.26 Å². The monoisotopic (exact) mass is 349 g/mol. The van der Waals surface area contributed by atoms with E-state index < -0.39 is 0 Å². The number of nitrogens with zero attached hydrogens (tertiary/aromatic N) is 1. The van der Waals surface area contributed by atoms with Gasteiger partial charge in [0, 0.05) is 41.9 Å². The van der Waals surface area contributed by atoms with E-state index in [1.165, 1.54) is 12.3 Å². The summed E-state index contributed by atoms with van der Waals surface area (Å²) in [6.07, 6.45) is 3.98. The van der Waals surface area contributed by atoms with E-state index in [4.69, 9.17) is 4.74 Å². The standard InChI is InChI=1S/C18H20FNO3S/c19-16-3-1-2-14(18(22)12-4-5-12)15(16)9-20-7-6-17(24)13(8-20)10-23-11-21/h1-3,10-12,17,24H,4-9H2. The third-order valence-electron chi connectivity index (χ3n) is 4.54. The van der Waals surface area contributed by atoms with Crippen LogP contribution in [-0.2, 0) is 16.1 Å². The van der Waals surface area contributed by atoms with Crippen molar-refractivity contribution in [3.8, 4) is 0 Å². The summed E-state index contributed by atoms with van der Waals surface area (Å²) in [6.45, 7) is 2.01. The third kappa shape index (κ3) is 3.87. The highest BCUT2D eigenvalue weighted by Crippen LogP contribution is 2.34. The number of thiol groups is 1. The summed E-state index contributed by atoms with van der Waals surface area (Å²) >= 11 is 4.49. The summed E-state index contributed by atoms with van der Waals surface area (Å²) in [6, 6.07) is 4.71. The third-order valence-corrected chi connectivity index (χ3v) is 5.13. The summed E-state index contributed by atoms with van der Waals surface area (Å²) in [5.41, 5.74) is 1.84. The molecule has 1 saturated carbocycles. The molecule has 1 unspecified atom stereocenters. The largest absolute Gasteiger partial charge is 0.437 e. The maximum atomic E-state index is 14.3. The highest BCUT2D eigenvalue weighted by molar-refractivity contribution is 7.81. The lowest BCUT2D eigenvalue weighted by Crippen LogP contribution is -2.36. The van der Waals surface area contributed by atoms with Crippen LogP contribution in [0.4, 0.5) is 4.39 Å². The van der Waals surface area contributed by atoms with Crippen LogP contribution in [0.1, 0.15) is 35.2 Å². The van der Waals surface area contributed by atoms with Crippen LogP contribution in [0.15, 0.2) is 30.0 Å². The van der Waals surface area contributed by atoms with Crippen LogP contribution < -0.4 is 0 Å². The minimum Gasteiger partial charge on any atom is -0.437 e. The molecule has 1 saturated heterocycles. The molecule has 1 aliphatic heterocycles. The quantitative estimate of drug-likeness (QED) is 0.371. The van der Waals surface area contributed by atoms with E-state index in [1.54, 1.807) is 12.1 Å². The SMILES string of the molecule is O=COC=C1CN(Cc2c(F)cccc2C(=O)C2CC2)CCC1S. The number of Topliss-reactive ketones (excluding diaryl/α,β-unsaturated/α-hetero) is 1. The number of hydrogen-bond acceptors (Lipinski definition) is 5. The first-order chi connectivity index (χ1) is 11.6. The van der Waals surface area contributed by atoms with E-state index in [9.17, 15) is 14.0 Å². The van der Waals surface area contributed by atoms with Crippen molar-refractivity contribution in [1.29, 1.82) is 0 Å². The van der Waals surface area contributed by atoms with Gasteiger partial charge < -0.3 is 4.74 Å². The molecule has 24 heavy (non-hydrogen) atoms. The molecule has 128 valence electrons. The van der Waals surface area contributed by atoms with Crippen LogP contribution in [0.2, 0.25) is 0 Å². The van der Waals surface area contributed by atoms with Crippen LogP contribution in [0.3, 0.4) is 0 Å². The van der Waals surface area contributed by atoms with Crippen molar-refractivity contribution in [2.24, 2.45) is 5.92 Å². The number of halogens is 1. The molecule has 1 heterocycles. The number of carbonyl (C=O) groups excluding carboxylic acids is 2. The Hall–Kier alpha value is -1.66. The summed E-state index contributed by atoms with van der Waals surface area (Å²) in [5, 5.41) is 0.0226. The first-order valence-corrected chi connectivity index (χ1v) is 8.62. The molecule has 2 aliphatic rings. The van der Waals surface area contributed by atoms with Gasteiger partial charge in [0.1, 0.15) is 5.82 Å².